The number of fused-ring (bicyclic) bond motifs is 2. The standard InChI is InChI=1S/C13H19BrO2/c1-13(2,16)5-3-4-8-6-9-7-10(8)11(14)12(9)15/h8-12,15-16H,4,6-7H2,1-2H3. The molecule has 2 aliphatic rings. The highest BCUT2D eigenvalue weighted by molar-refractivity contribution is 9.09. The van der Waals surface area contributed by atoms with E-state index in [1.54, 1.807) is 13.8 Å². The van der Waals surface area contributed by atoms with Crippen molar-refractivity contribution in [3.05, 3.63) is 0 Å². The predicted octanol–water partition coefficient (Wildman–Crippen LogP) is 1.93. The van der Waals surface area contributed by atoms with Crippen LogP contribution in [0.3, 0.4) is 0 Å². The Bertz CT molecular complexity index is 321. The van der Waals surface area contributed by atoms with Crippen LogP contribution in [-0.4, -0.2) is 26.7 Å². The first kappa shape index (κ1) is 12.4. The fourth-order valence-corrected chi connectivity index (χ4v) is 4.10. The first-order valence-electron chi connectivity index (χ1n) is 5.93. The number of aliphatic hydroxyl groups is 2. The van der Waals surface area contributed by atoms with Gasteiger partial charge in [0.1, 0.15) is 5.60 Å². The number of halogens is 1. The summed E-state index contributed by atoms with van der Waals surface area (Å²) in [5, 5.41) is 19.3. The third-order valence-electron chi connectivity index (χ3n) is 3.76. The molecule has 0 radical (unpaired) electrons. The molecule has 5 unspecified atom stereocenters. The Kier molecular flexibility index (Phi) is 3.36. The maximum absolute atomic E-state index is 9.84. The van der Waals surface area contributed by atoms with Gasteiger partial charge in [-0.2, -0.15) is 0 Å². The molecule has 2 aliphatic carbocycles. The smallest absolute Gasteiger partial charge is 0.119 e. The summed E-state index contributed by atoms with van der Waals surface area (Å²) >= 11 is 3.58. The molecule has 16 heavy (non-hydrogen) atoms. The summed E-state index contributed by atoms with van der Waals surface area (Å²) in [5.41, 5.74) is -0.884. The minimum absolute atomic E-state index is 0.163. The summed E-state index contributed by atoms with van der Waals surface area (Å²) in [4.78, 5) is 0.250. The third-order valence-corrected chi connectivity index (χ3v) is 4.98. The summed E-state index contributed by atoms with van der Waals surface area (Å²) in [5.74, 6) is 7.56. The van der Waals surface area contributed by atoms with Crippen LogP contribution in [0.4, 0.5) is 0 Å². The number of hydrogen-bond donors (Lipinski definition) is 2. The van der Waals surface area contributed by atoms with Crippen molar-refractivity contribution < 1.29 is 10.2 Å². The van der Waals surface area contributed by atoms with Gasteiger partial charge in [0.25, 0.3) is 0 Å². The van der Waals surface area contributed by atoms with Crippen molar-refractivity contribution in [3.8, 4) is 11.8 Å². The zero-order valence-corrected chi connectivity index (χ0v) is 11.4. The van der Waals surface area contributed by atoms with Gasteiger partial charge in [0, 0.05) is 11.2 Å². The van der Waals surface area contributed by atoms with E-state index in [-0.39, 0.29) is 10.9 Å². The van der Waals surface area contributed by atoms with Gasteiger partial charge >= 0.3 is 0 Å². The summed E-state index contributed by atoms with van der Waals surface area (Å²) in [6.45, 7) is 3.41. The van der Waals surface area contributed by atoms with E-state index in [9.17, 15) is 10.2 Å². The van der Waals surface area contributed by atoms with Crippen molar-refractivity contribution in [2.75, 3.05) is 0 Å². The Morgan fingerprint density at radius 1 is 1.38 bits per heavy atom. The maximum atomic E-state index is 9.84. The molecule has 2 nitrogen and oxygen atoms in total. The molecule has 2 saturated carbocycles. The lowest BCUT2D eigenvalue weighted by molar-refractivity contribution is 0.104. The molecule has 2 rings (SSSR count). The lowest BCUT2D eigenvalue weighted by atomic mass is 9.85. The lowest BCUT2D eigenvalue weighted by Crippen LogP contribution is -2.32. The van der Waals surface area contributed by atoms with Crippen LogP contribution in [0.5, 0.6) is 0 Å². The molecule has 2 N–H and O–H groups in total. The van der Waals surface area contributed by atoms with Crippen LogP contribution < -0.4 is 0 Å². The van der Waals surface area contributed by atoms with Crippen LogP contribution in [-0.2, 0) is 0 Å². The second-order valence-electron chi connectivity index (χ2n) is 5.66. The molecule has 90 valence electrons. The fraction of sp³-hybridized carbons (Fsp3) is 0.846. The van der Waals surface area contributed by atoms with Crippen molar-refractivity contribution in [3.63, 3.8) is 0 Å². The predicted molar refractivity (Wildman–Crippen MR) is 67.1 cm³/mol. The Hall–Kier alpha value is -0.0400. The largest absolute Gasteiger partial charge is 0.392 e. The summed E-state index contributed by atoms with van der Waals surface area (Å²) in [6, 6.07) is 0. The minimum Gasteiger partial charge on any atom is -0.392 e. The Balaban J connectivity index is 1.92. The molecule has 0 aromatic carbocycles. The maximum Gasteiger partial charge on any atom is 0.119 e. The number of aliphatic hydroxyl groups excluding tert-OH is 1. The van der Waals surface area contributed by atoms with Crippen LogP contribution in [0.2, 0.25) is 0 Å². The van der Waals surface area contributed by atoms with Gasteiger partial charge in [0.15, 0.2) is 0 Å². The molecule has 0 heterocycles. The number of rotatable bonds is 1. The molecule has 5 atom stereocenters. The van der Waals surface area contributed by atoms with Gasteiger partial charge < -0.3 is 10.2 Å². The molecular formula is C13H19BrO2. The van der Waals surface area contributed by atoms with Gasteiger partial charge in [-0.25, -0.2) is 0 Å². The van der Waals surface area contributed by atoms with Crippen LogP contribution in [0.25, 0.3) is 0 Å². The number of alkyl halides is 1. The molecule has 0 aromatic heterocycles. The van der Waals surface area contributed by atoms with Gasteiger partial charge in [0.05, 0.1) is 6.10 Å². The van der Waals surface area contributed by atoms with Gasteiger partial charge in [-0.15, -0.1) is 0 Å². The molecule has 0 aromatic rings. The molecule has 3 heteroatoms. The van der Waals surface area contributed by atoms with Gasteiger partial charge in [0.2, 0.25) is 0 Å². The van der Waals surface area contributed by atoms with Crippen molar-refractivity contribution in [2.45, 2.75) is 49.6 Å². The Morgan fingerprint density at radius 3 is 2.56 bits per heavy atom. The molecule has 2 fully saturated rings. The SMILES string of the molecule is CC(C)(O)C#CCC1CC2CC1C(Br)C2O. The molecular weight excluding hydrogens is 268 g/mol. The van der Waals surface area contributed by atoms with Crippen molar-refractivity contribution >= 4 is 15.9 Å². The van der Waals surface area contributed by atoms with Crippen molar-refractivity contribution in [1.82, 2.24) is 0 Å². The summed E-state index contributed by atoms with van der Waals surface area (Å²) < 4.78 is 0. The second-order valence-corrected chi connectivity index (χ2v) is 6.71. The van der Waals surface area contributed by atoms with E-state index >= 15 is 0 Å². The molecule has 0 saturated heterocycles. The molecule has 0 spiro atoms. The topological polar surface area (TPSA) is 40.5 Å². The second kappa shape index (κ2) is 4.33. The highest BCUT2D eigenvalue weighted by Gasteiger charge is 2.50. The summed E-state index contributed by atoms with van der Waals surface area (Å²) in [7, 11) is 0. The van der Waals surface area contributed by atoms with Gasteiger partial charge in [-0.3, -0.25) is 0 Å². The first-order valence-corrected chi connectivity index (χ1v) is 6.84. The normalized spacial score (nSPS) is 41.9. The molecule has 0 aliphatic heterocycles. The van der Waals surface area contributed by atoms with Gasteiger partial charge in [-0.05, 0) is 44.4 Å². The molecule has 0 amide bonds. The zero-order valence-electron chi connectivity index (χ0n) is 9.78. The van der Waals surface area contributed by atoms with E-state index in [0.29, 0.717) is 17.8 Å². The van der Waals surface area contributed by atoms with Crippen LogP contribution in [0.1, 0.15) is 33.1 Å². The third kappa shape index (κ3) is 2.45. The van der Waals surface area contributed by atoms with Crippen molar-refractivity contribution in [2.24, 2.45) is 17.8 Å². The van der Waals surface area contributed by atoms with Crippen LogP contribution in [0, 0.1) is 29.6 Å². The molecule has 2 bridgehead atoms. The number of hydrogen-bond acceptors (Lipinski definition) is 2. The lowest BCUT2D eigenvalue weighted by Gasteiger charge is -2.28. The highest BCUT2D eigenvalue weighted by atomic mass is 79.9. The quantitative estimate of drug-likeness (QED) is 0.571. The first-order chi connectivity index (χ1) is 7.38. The van der Waals surface area contributed by atoms with E-state index in [0.717, 1.165) is 19.3 Å². The Labute approximate surface area is 106 Å². The Morgan fingerprint density at radius 2 is 2.06 bits per heavy atom. The highest BCUT2D eigenvalue weighted by Crippen LogP contribution is 2.52. The summed E-state index contributed by atoms with van der Waals surface area (Å²) in [6.07, 6.45) is 2.91. The van der Waals surface area contributed by atoms with Crippen molar-refractivity contribution in [1.29, 1.82) is 0 Å². The van der Waals surface area contributed by atoms with E-state index in [1.807, 2.05) is 0 Å². The zero-order chi connectivity index (χ0) is 11.9. The monoisotopic (exact) mass is 286 g/mol. The van der Waals surface area contributed by atoms with Gasteiger partial charge in [-0.1, -0.05) is 27.8 Å². The average Bonchev–Trinajstić information content (AvgIpc) is 2.66. The van der Waals surface area contributed by atoms with E-state index in [2.05, 4.69) is 27.8 Å². The fourth-order valence-electron chi connectivity index (χ4n) is 3.02. The average molecular weight is 287 g/mol. The minimum atomic E-state index is -0.884. The van der Waals surface area contributed by atoms with E-state index < -0.39 is 5.60 Å². The van der Waals surface area contributed by atoms with Crippen LogP contribution in [0.15, 0.2) is 0 Å². The van der Waals surface area contributed by atoms with Crippen LogP contribution >= 0.6 is 15.9 Å². The van der Waals surface area contributed by atoms with E-state index in [1.165, 1.54) is 0 Å². The van der Waals surface area contributed by atoms with E-state index in [4.69, 9.17) is 0 Å².